The number of hydrogen-bond donors (Lipinski definition) is 1. The van der Waals surface area contributed by atoms with Crippen LogP contribution in [-0.2, 0) is 9.53 Å². The molecule has 4 nitrogen and oxygen atoms in total. The van der Waals surface area contributed by atoms with E-state index in [1.807, 2.05) is 0 Å². The number of ketones is 1. The van der Waals surface area contributed by atoms with Gasteiger partial charge in [0.2, 0.25) is 0 Å². The van der Waals surface area contributed by atoms with Crippen molar-refractivity contribution in [3.63, 3.8) is 0 Å². The number of carbonyl (C=O) groups excluding carboxylic acids is 2. The molecule has 0 radical (unpaired) electrons. The highest BCUT2D eigenvalue weighted by Crippen LogP contribution is 2.27. The van der Waals surface area contributed by atoms with Crippen LogP contribution < -0.4 is 0 Å². The maximum absolute atomic E-state index is 11.2. The lowest BCUT2D eigenvalue weighted by molar-refractivity contribution is -0.120. The summed E-state index contributed by atoms with van der Waals surface area (Å²) in [6, 6.07) is -0.352. The highest BCUT2D eigenvalue weighted by Gasteiger charge is 2.45. The van der Waals surface area contributed by atoms with Crippen LogP contribution in [0.25, 0.3) is 0 Å². The molecule has 2 atom stereocenters. The Labute approximate surface area is 75.3 Å². The Balaban J connectivity index is 2.19. The van der Waals surface area contributed by atoms with Crippen LogP contribution in [0.4, 0.5) is 4.79 Å². The molecule has 0 aromatic heterocycles. The molecule has 2 saturated heterocycles. The number of rotatable bonds is 0. The van der Waals surface area contributed by atoms with E-state index in [-0.39, 0.29) is 29.8 Å². The maximum atomic E-state index is 11.2. The first kappa shape index (κ1) is 8.07. The second kappa shape index (κ2) is 2.74. The third-order valence-electron chi connectivity index (χ3n) is 2.36. The molecule has 66 valence electrons. The second-order valence-electron chi connectivity index (χ2n) is 3.03. The van der Waals surface area contributed by atoms with Gasteiger partial charge in [-0.1, -0.05) is 12.6 Å². The molecule has 0 aliphatic carbocycles. The quantitative estimate of drug-likeness (QED) is 0.546. The number of amides is 1. The van der Waals surface area contributed by atoms with Crippen molar-refractivity contribution in [2.75, 3.05) is 13.2 Å². The Morgan fingerprint density at radius 1 is 1.67 bits per heavy atom. The van der Waals surface area contributed by atoms with Gasteiger partial charge in [-0.2, -0.15) is 0 Å². The van der Waals surface area contributed by atoms with E-state index in [9.17, 15) is 9.59 Å². The first-order valence-corrected chi connectivity index (χ1v) is 4.29. The molecule has 0 spiro atoms. The Hall–Kier alpha value is -0.550. The normalized spacial score (nSPS) is 34.1. The highest BCUT2D eigenvalue weighted by molar-refractivity contribution is 7.96. The standard InChI is InChI=1S/C7H9NO3S/c9-4-3-11-5-1-2-8(6(4)5)7(10)12/h5-6H,1-3H2,(H,10,12). The minimum atomic E-state index is -0.352. The fourth-order valence-electron chi connectivity index (χ4n) is 1.81. The van der Waals surface area contributed by atoms with Gasteiger partial charge in [0.1, 0.15) is 12.6 Å². The molecule has 2 rings (SSSR count). The van der Waals surface area contributed by atoms with Crippen LogP contribution in [0.2, 0.25) is 0 Å². The number of hydrogen-bond acceptors (Lipinski definition) is 3. The van der Waals surface area contributed by atoms with Crippen LogP contribution >= 0.6 is 12.6 Å². The SMILES string of the molecule is O=C1COC2CCN(C(=O)S)C12. The van der Waals surface area contributed by atoms with E-state index in [0.29, 0.717) is 6.54 Å². The Bertz CT molecular complexity index is 243. The molecule has 2 aliphatic rings. The zero-order valence-electron chi connectivity index (χ0n) is 6.40. The average molecular weight is 187 g/mol. The van der Waals surface area contributed by atoms with E-state index in [1.165, 1.54) is 4.90 Å². The second-order valence-corrected chi connectivity index (χ2v) is 3.41. The molecular formula is C7H9NO3S. The third-order valence-corrected chi connectivity index (χ3v) is 2.61. The van der Waals surface area contributed by atoms with Gasteiger partial charge < -0.3 is 9.64 Å². The van der Waals surface area contributed by atoms with Crippen molar-refractivity contribution in [1.29, 1.82) is 0 Å². The largest absolute Gasteiger partial charge is 0.368 e. The van der Waals surface area contributed by atoms with Gasteiger partial charge in [-0.15, -0.1) is 0 Å². The molecule has 2 heterocycles. The first-order valence-electron chi connectivity index (χ1n) is 3.84. The Kier molecular flexibility index (Phi) is 1.84. The third kappa shape index (κ3) is 1.04. The van der Waals surface area contributed by atoms with E-state index in [1.54, 1.807) is 0 Å². The van der Waals surface area contributed by atoms with E-state index in [2.05, 4.69) is 12.6 Å². The molecule has 0 aromatic rings. The van der Waals surface area contributed by atoms with Gasteiger partial charge in [-0.05, 0) is 6.42 Å². The predicted molar refractivity (Wildman–Crippen MR) is 44.2 cm³/mol. The fraction of sp³-hybridized carbons (Fsp3) is 0.714. The van der Waals surface area contributed by atoms with Gasteiger partial charge in [0.25, 0.3) is 5.24 Å². The number of thiol groups is 1. The Morgan fingerprint density at radius 3 is 3.08 bits per heavy atom. The van der Waals surface area contributed by atoms with E-state index in [0.717, 1.165) is 6.42 Å². The van der Waals surface area contributed by atoms with E-state index in [4.69, 9.17) is 4.74 Å². The molecule has 0 bridgehead atoms. The van der Waals surface area contributed by atoms with E-state index >= 15 is 0 Å². The molecule has 1 amide bonds. The van der Waals surface area contributed by atoms with Crippen LogP contribution in [0.3, 0.4) is 0 Å². The highest BCUT2D eigenvalue weighted by atomic mass is 32.1. The van der Waals surface area contributed by atoms with Crippen LogP contribution in [0.15, 0.2) is 0 Å². The monoisotopic (exact) mass is 187 g/mol. The smallest absolute Gasteiger partial charge is 0.279 e. The van der Waals surface area contributed by atoms with Crippen LogP contribution in [0.1, 0.15) is 6.42 Å². The summed E-state index contributed by atoms with van der Waals surface area (Å²) < 4.78 is 5.19. The molecule has 2 unspecified atom stereocenters. The predicted octanol–water partition coefficient (Wildman–Crippen LogP) is 0.0784. The summed E-state index contributed by atoms with van der Waals surface area (Å²) in [6.07, 6.45) is 0.677. The van der Waals surface area contributed by atoms with Crippen LogP contribution in [-0.4, -0.2) is 41.2 Å². The van der Waals surface area contributed by atoms with Gasteiger partial charge in [0.15, 0.2) is 5.78 Å². The summed E-state index contributed by atoms with van der Waals surface area (Å²) in [4.78, 5) is 23.6. The minimum Gasteiger partial charge on any atom is -0.368 e. The fourth-order valence-corrected chi connectivity index (χ4v) is 2.03. The molecule has 2 fully saturated rings. The van der Waals surface area contributed by atoms with Crippen LogP contribution in [0, 0.1) is 0 Å². The molecule has 12 heavy (non-hydrogen) atoms. The number of Topliss-reactive ketones (excluding diaryl/α,β-unsaturated/α-hetero) is 1. The van der Waals surface area contributed by atoms with Crippen molar-refractivity contribution < 1.29 is 14.3 Å². The van der Waals surface area contributed by atoms with Gasteiger partial charge in [0, 0.05) is 6.54 Å². The van der Waals surface area contributed by atoms with Crippen LogP contribution in [0.5, 0.6) is 0 Å². The summed E-state index contributed by atoms with van der Waals surface area (Å²) in [5.41, 5.74) is 0. The summed E-state index contributed by atoms with van der Waals surface area (Å²) >= 11 is 3.69. The number of fused-ring (bicyclic) bond motifs is 1. The molecule has 0 N–H and O–H groups in total. The van der Waals surface area contributed by atoms with Crippen molar-refractivity contribution in [2.24, 2.45) is 0 Å². The zero-order chi connectivity index (χ0) is 8.72. The van der Waals surface area contributed by atoms with Gasteiger partial charge >= 0.3 is 0 Å². The minimum absolute atomic E-state index is 0.0000926. The summed E-state index contributed by atoms with van der Waals surface area (Å²) in [6.45, 7) is 0.732. The number of ether oxygens (including phenoxy) is 1. The number of nitrogens with zero attached hydrogens (tertiary/aromatic N) is 1. The maximum Gasteiger partial charge on any atom is 0.279 e. The van der Waals surface area contributed by atoms with Gasteiger partial charge in [-0.25, -0.2) is 0 Å². The van der Waals surface area contributed by atoms with Gasteiger partial charge in [-0.3, -0.25) is 9.59 Å². The van der Waals surface area contributed by atoms with Crippen molar-refractivity contribution in [1.82, 2.24) is 4.90 Å². The number of carbonyl (C=O) groups is 2. The number of likely N-dealkylation sites (tertiary alicyclic amines) is 1. The lowest BCUT2D eigenvalue weighted by Gasteiger charge is -2.18. The summed E-state index contributed by atoms with van der Waals surface area (Å²) in [5.74, 6) is -0.0000926. The molecule has 2 aliphatic heterocycles. The summed E-state index contributed by atoms with van der Waals surface area (Å²) in [5, 5.41) is -0.332. The molecular weight excluding hydrogens is 178 g/mol. The molecule has 0 saturated carbocycles. The zero-order valence-corrected chi connectivity index (χ0v) is 7.29. The molecule has 0 aromatic carbocycles. The van der Waals surface area contributed by atoms with Crippen molar-refractivity contribution in [2.45, 2.75) is 18.6 Å². The van der Waals surface area contributed by atoms with Crippen molar-refractivity contribution >= 4 is 23.7 Å². The molecule has 5 heteroatoms. The average Bonchev–Trinajstić information content (AvgIpc) is 2.53. The van der Waals surface area contributed by atoms with Gasteiger partial charge in [0.05, 0.1) is 6.10 Å². The topological polar surface area (TPSA) is 46.6 Å². The first-order chi connectivity index (χ1) is 5.70. The Morgan fingerprint density at radius 2 is 2.42 bits per heavy atom. The lowest BCUT2D eigenvalue weighted by atomic mass is 10.1. The van der Waals surface area contributed by atoms with E-state index < -0.39 is 0 Å². The van der Waals surface area contributed by atoms with Crippen molar-refractivity contribution in [3.05, 3.63) is 0 Å². The summed E-state index contributed by atoms with van der Waals surface area (Å²) in [7, 11) is 0. The van der Waals surface area contributed by atoms with Crippen molar-refractivity contribution in [3.8, 4) is 0 Å². The lowest BCUT2D eigenvalue weighted by Crippen LogP contribution is -2.39.